The molecule has 136 valence electrons. The SMILES string of the molecule is CC(C)CN1C[C@@H](C(=O)N(C)C[C@H]2OCCc3ccccc32)CC1=O. The number of hydrogen-bond donors (Lipinski definition) is 0. The van der Waals surface area contributed by atoms with E-state index in [0.717, 1.165) is 13.0 Å². The summed E-state index contributed by atoms with van der Waals surface area (Å²) in [5.74, 6) is 0.337. The van der Waals surface area contributed by atoms with Gasteiger partial charge in [-0.25, -0.2) is 0 Å². The Kier molecular flexibility index (Phi) is 5.42. The molecule has 2 aliphatic rings. The lowest BCUT2D eigenvalue weighted by molar-refractivity contribution is -0.136. The van der Waals surface area contributed by atoms with E-state index in [1.165, 1.54) is 11.1 Å². The van der Waals surface area contributed by atoms with Crippen LogP contribution in [-0.2, 0) is 20.7 Å². The van der Waals surface area contributed by atoms with Gasteiger partial charge in [0.1, 0.15) is 6.10 Å². The number of hydrogen-bond acceptors (Lipinski definition) is 3. The molecule has 0 saturated carbocycles. The molecule has 0 N–H and O–H groups in total. The second-order valence-corrected chi connectivity index (χ2v) is 7.62. The Morgan fingerprint density at radius 2 is 2.12 bits per heavy atom. The van der Waals surface area contributed by atoms with Gasteiger partial charge >= 0.3 is 0 Å². The predicted octanol–water partition coefficient (Wildman–Crippen LogP) is 2.26. The van der Waals surface area contributed by atoms with E-state index in [1.54, 1.807) is 4.90 Å². The molecule has 1 fully saturated rings. The molecule has 0 radical (unpaired) electrons. The fourth-order valence-corrected chi connectivity index (χ4v) is 3.83. The molecule has 25 heavy (non-hydrogen) atoms. The Morgan fingerprint density at radius 1 is 1.36 bits per heavy atom. The van der Waals surface area contributed by atoms with Gasteiger partial charge in [0.25, 0.3) is 0 Å². The smallest absolute Gasteiger partial charge is 0.227 e. The third kappa shape index (κ3) is 4.03. The molecule has 0 bridgehead atoms. The normalized spacial score (nSPS) is 23.0. The number of benzene rings is 1. The molecule has 2 heterocycles. The summed E-state index contributed by atoms with van der Waals surface area (Å²) in [6.45, 7) is 6.67. The van der Waals surface area contributed by atoms with Crippen molar-refractivity contribution in [2.45, 2.75) is 32.8 Å². The Labute approximate surface area is 149 Å². The van der Waals surface area contributed by atoms with Gasteiger partial charge in [-0.15, -0.1) is 0 Å². The van der Waals surface area contributed by atoms with Crippen molar-refractivity contribution in [1.29, 1.82) is 0 Å². The standard InChI is InChI=1S/C20H28N2O3/c1-14(2)11-22-12-16(10-19(22)23)20(24)21(3)13-18-17-7-5-4-6-15(17)8-9-25-18/h4-7,14,16,18H,8-13H2,1-3H3/t16-,18+/m0/s1. The molecule has 2 aliphatic heterocycles. The van der Waals surface area contributed by atoms with Crippen LogP contribution in [-0.4, -0.2) is 54.9 Å². The molecule has 2 amide bonds. The Bertz CT molecular complexity index is 644. The van der Waals surface area contributed by atoms with Crippen LogP contribution < -0.4 is 0 Å². The largest absolute Gasteiger partial charge is 0.371 e. The van der Waals surface area contributed by atoms with E-state index >= 15 is 0 Å². The number of carbonyl (C=O) groups is 2. The first-order chi connectivity index (χ1) is 12.0. The summed E-state index contributed by atoms with van der Waals surface area (Å²) >= 11 is 0. The molecule has 2 atom stereocenters. The van der Waals surface area contributed by atoms with Crippen LogP contribution in [0, 0.1) is 11.8 Å². The number of rotatable bonds is 5. The highest BCUT2D eigenvalue weighted by molar-refractivity contribution is 5.89. The predicted molar refractivity (Wildman–Crippen MR) is 96.0 cm³/mol. The molecule has 1 aromatic carbocycles. The molecule has 1 saturated heterocycles. The fraction of sp³-hybridized carbons (Fsp3) is 0.600. The van der Waals surface area contributed by atoms with Crippen molar-refractivity contribution in [1.82, 2.24) is 9.80 Å². The van der Waals surface area contributed by atoms with Gasteiger partial charge in [0.15, 0.2) is 0 Å². The zero-order valence-electron chi connectivity index (χ0n) is 15.4. The number of ether oxygens (including phenoxy) is 1. The van der Waals surface area contributed by atoms with Gasteiger partial charge in [-0.3, -0.25) is 9.59 Å². The fourth-order valence-electron chi connectivity index (χ4n) is 3.83. The van der Waals surface area contributed by atoms with E-state index in [1.807, 2.05) is 24.1 Å². The second kappa shape index (κ2) is 7.56. The highest BCUT2D eigenvalue weighted by atomic mass is 16.5. The lowest BCUT2D eigenvalue weighted by Crippen LogP contribution is -2.38. The number of amides is 2. The van der Waals surface area contributed by atoms with Crippen LogP contribution in [0.1, 0.15) is 37.5 Å². The number of likely N-dealkylation sites (tertiary alicyclic amines) is 1. The summed E-state index contributed by atoms with van der Waals surface area (Å²) in [6.07, 6.45) is 1.17. The molecule has 5 nitrogen and oxygen atoms in total. The van der Waals surface area contributed by atoms with E-state index in [-0.39, 0.29) is 23.8 Å². The average Bonchev–Trinajstić information content (AvgIpc) is 2.94. The van der Waals surface area contributed by atoms with Gasteiger partial charge in [0, 0.05) is 26.6 Å². The molecule has 5 heteroatoms. The lowest BCUT2D eigenvalue weighted by atomic mass is 9.97. The van der Waals surface area contributed by atoms with Gasteiger partial charge in [-0.1, -0.05) is 38.1 Å². The van der Waals surface area contributed by atoms with Crippen LogP contribution in [0.15, 0.2) is 24.3 Å². The van der Waals surface area contributed by atoms with Crippen LogP contribution in [0.4, 0.5) is 0 Å². The highest BCUT2D eigenvalue weighted by Gasteiger charge is 2.36. The molecular weight excluding hydrogens is 316 g/mol. The second-order valence-electron chi connectivity index (χ2n) is 7.62. The summed E-state index contributed by atoms with van der Waals surface area (Å²) in [5.41, 5.74) is 2.48. The van der Waals surface area contributed by atoms with Crippen molar-refractivity contribution < 1.29 is 14.3 Å². The van der Waals surface area contributed by atoms with Crippen molar-refractivity contribution in [2.24, 2.45) is 11.8 Å². The summed E-state index contributed by atoms with van der Waals surface area (Å²) in [6, 6.07) is 8.28. The summed E-state index contributed by atoms with van der Waals surface area (Å²) in [4.78, 5) is 28.5. The minimum Gasteiger partial charge on any atom is -0.371 e. The molecule has 0 aliphatic carbocycles. The van der Waals surface area contributed by atoms with E-state index in [4.69, 9.17) is 4.74 Å². The van der Waals surface area contributed by atoms with E-state index in [2.05, 4.69) is 26.0 Å². The van der Waals surface area contributed by atoms with Crippen molar-refractivity contribution >= 4 is 11.8 Å². The van der Waals surface area contributed by atoms with Crippen molar-refractivity contribution in [3.8, 4) is 0 Å². The van der Waals surface area contributed by atoms with E-state index in [9.17, 15) is 9.59 Å². The third-order valence-corrected chi connectivity index (χ3v) is 5.06. The van der Waals surface area contributed by atoms with Crippen LogP contribution >= 0.6 is 0 Å². The number of likely N-dealkylation sites (N-methyl/N-ethyl adjacent to an activating group) is 1. The average molecular weight is 344 g/mol. The van der Waals surface area contributed by atoms with Crippen LogP contribution in [0.25, 0.3) is 0 Å². The van der Waals surface area contributed by atoms with E-state index < -0.39 is 0 Å². The number of fused-ring (bicyclic) bond motifs is 1. The Hall–Kier alpha value is -1.88. The maximum absolute atomic E-state index is 12.8. The molecule has 0 spiro atoms. The Morgan fingerprint density at radius 3 is 2.88 bits per heavy atom. The van der Waals surface area contributed by atoms with Gasteiger partial charge in [0.2, 0.25) is 11.8 Å². The molecule has 3 rings (SSSR count). The minimum absolute atomic E-state index is 0.0475. The maximum atomic E-state index is 12.8. The number of nitrogens with zero attached hydrogens (tertiary/aromatic N) is 2. The Balaban J connectivity index is 1.62. The molecular formula is C20H28N2O3. The summed E-state index contributed by atoms with van der Waals surface area (Å²) in [7, 11) is 1.82. The monoisotopic (exact) mass is 344 g/mol. The van der Waals surface area contributed by atoms with Gasteiger partial charge in [-0.2, -0.15) is 0 Å². The lowest BCUT2D eigenvalue weighted by Gasteiger charge is -2.30. The van der Waals surface area contributed by atoms with Crippen LogP contribution in [0.5, 0.6) is 0 Å². The highest BCUT2D eigenvalue weighted by Crippen LogP contribution is 2.28. The van der Waals surface area contributed by atoms with Gasteiger partial charge in [0.05, 0.1) is 19.1 Å². The van der Waals surface area contributed by atoms with Crippen LogP contribution in [0.3, 0.4) is 0 Å². The first-order valence-electron chi connectivity index (χ1n) is 9.18. The van der Waals surface area contributed by atoms with Crippen LogP contribution in [0.2, 0.25) is 0 Å². The van der Waals surface area contributed by atoms with Crippen molar-refractivity contribution in [3.05, 3.63) is 35.4 Å². The first-order valence-corrected chi connectivity index (χ1v) is 9.18. The number of carbonyl (C=O) groups excluding carboxylic acids is 2. The van der Waals surface area contributed by atoms with Crippen molar-refractivity contribution in [2.75, 3.05) is 33.3 Å². The quantitative estimate of drug-likeness (QED) is 0.823. The minimum atomic E-state index is -0.227. The van der Waals surface area contributed by atoms with Crippen molar-refractivity contribution in [3.63, 3.8) is 0 Å². The molecule has 0 unspecified atom stereocenters. The van der Waals surface area contributed by atoms with Gasteiger partial charge < -0.3 is 14.5 Å². The molecule has 0 aromatic heterocycles. The molecule has 1 aromatic rings. The summed E-state index contributed by atoms with van der Waals surface area (Å²) in [5, 5.41) is 0. The summed E-state index contributed by atoms with van der Waals surface area (Å²) < 4.78 is 5.91. The van der Waals surface area contributed by atoms with Gasteiger partial charge in [-0.05, 0) is 23.5 Å². The zero-order chi connectivity index (χ0) is 18.0. The van der Waals surface area contributed by atoms with E-state index in [0.29, 0.717) is 32.0 Å². The zero-order valence-corrected chi connectivity index (χ0v) is 15.4. The topological polar surface area (TPSA) is 49.9 Å². The third-order valence-electron chi connectivity index (χ3n) is 5.06. The maximum Gasteiger partial charge on any atom is 0.227 e. The first kappa shape index (κ1) is 17.9.